The topological polar surface area (TPSA) is 53.1 Å². The number of benzene rings is 1. The minimum absolute atomic E-state index is 0.0555. The Morgan fingerprint density at radius 1 is 0.974 bits per heavy atom. The van der Waals surface area contributed by atoms with Crippen molar-refractivity contribution in [1.82, 2.24) is 14.7 Å². The van der Waals surface area contributed by atoms with E-state index >= 15 is 0 Å². The summed E-state index contributed by atoms with van der Waals surface area (Å²) in [6, 6.07) is 6.62. The summed E-state index contributed by atoms with van der Waals surface area (Å²) in [6.45, 7) is 11.8. The molecule has 3 heterocycles. The first-order valence-corrected chi connectivity index (χ1v) is 16.0. The predicted molar refractivity (Wildman–Crippen MR) is 156 cm³/mol. The fourth-order valence-electron chi connectivity index (χ4n) is 7.99. The maximum atomic E-state index is 13.3. The summed E-state index contributed by atoms with van der Waals surface area (Å²) in [6.07, 6.45) is 13.9. The Balaban J connectivity index is 1.16. The Kier molecular flexibility index (Phi) is 9.20. The highest BCUT2D eigenvalue weighted by Gasteiger charge is 2.50. The largest absolute Gasteiger partial charge is 0.442 e. The van der Waals surface area contributed by atoms with Crippen LogP contribution in [0.1, 0.15) is 105 Å². The van der Waals surface area contributed by atoms with Gasteiger partial charge in [-0.2, -0.15) is 0 Å². The number of aryl methyl sites for hydroxylation is 2. The van der Waals surface area contributed by atoms with Crippen molar-refractivity contribution in [3.05, 3.63) is 34.9 Å². The van der Waals surface area contributed by atoms with E-state index in [9.17, 15) is 9.59 Å². The first-order valence-electron chi connectivity index (χ1n) is 16.0. The quantitative estimate of drug-likeness (QED) is 0.394. The minimum atomic E-state index is -0.287. The van der Waals surface area contributed by atoms with Gasteiger partial charge in [-0.15, -0.1) is 0 Å². The summed E-state index contributed by atoms with van der Waals surface area (Å²) in [5.41, 5.74) is 2.73. The molecule has 3 aliphatic heterocycles. The number of hydrogen-bond acceptors (Lipinski definition) is 4. The zero-order valence-electron chi connectivity index (χ0n) is 24.8. The van der Waals surface area contributed by atoms with Gasteiger partial charge in [0.25, 0.3) is 5.91 Å². The Bertz CT molecular complexity index is 968. The molecule has 6 heteroatoms. The number of piperidine rings is 2. The lowest BCUT2D eigenvalue weighted by molar-refractivity contribution is -0.127. The number of nitrogens with zero attached hydrogens (tertiary/aromatic N) is 3. The Hall–Kier alpha value is -2.08. The van der Waals surface area contributed by atoms with Crippen LogP contribution in [0, 0.1) is 25.7 Å². The molecule has 4 aliphatic rings. The molecule has 216 valence electrons. The highest BCUT2D eigenvalue weighted by Crippen LogP contribution is 2.42. The number of carbonyl (C=O) groups is 2. The van der Waals surface area contributed by atoms with Crippen LogP contribution in [-0.4, -0.2) is 77.6 Å². The van der Waals surface area contributed by atoms with Crippen LogP contribution in [0.25, 0.3) is 0 Å². The van der Waals surface area contributed by atoms with E-state index in [0.29, 0.717) is 17.9 Å². The van der Waals surface area contributed by atoms with Gasteiger partial charge in [0.2, 0.25) is 0 Å². The molecule has 1 aliphatic carbocycles. The molecule has 1 saturated carbocycles. The summed E-state index contributed by atoms with van der Waals surface area (Å²) >= 11 is 0. The summed E-state index contributed by atoms with van der Waals surface area (Å²) in [5.74, 6) is 1.28. The standard InChI is InChI=1S/C33H51N3O3/c1-4-5-14-28-24-36(23-27-12-7-6-8-13-27)32(38)39-33(28)17-21-34(22-18-33)29-15-19-35(20-16-29)31(37)30-25(2)10-9-11-26(30)3/h9-11,27-29H,4-8,12-24H2,1-3H3/t28-/m1/s1. The number of hydrogen-bond donors (Lipinski definition) is 0. The van der Waals surface area contributed by atoms with Crippen molar-refractivity contribution < 1.29 is 14.3 Å². The first-order chi connectivity index (χ1) is 18.9. The van der Waals surface area contributed by atoms with Crippen LogP contribution in [-0.2, 0) is 4.74 Å². The second kappa shape index (κ2) is 12.6. The van der Waals surface area contributed by atoms with Crippen LogP contribution in [0.2, 0.25) is 0 Å². The van der Waals surface area contributed by atoms with E-state index < -0.39 is 0 Å². The third-order valence-corrected chi connectivity index (χ3v) is 10.5. The molecule has 0 unspecified atom stereocenters. The summed E-state index contributed by atoms with van der Waals surface area (Å²) < 4.78 is 6.44. The number of likely N-dealkylation sites (tertiary alicyclic amines) is 2. The van der Waals surface area contributed by atoms with Crippen molar-refractivity contribution in [2.75, 3.05) is 39.3 Å². The fraction of sp³-hybridized carbons (Fsp3) is 0.758. The second-order valence-corrected chi connectivity index (χ2v) is 13.0. The van der Waals surface area contributed by atoms with Crippen molar-refractivity contribution >= 4 is 12.0 Å². The highest BCUT2D eigenvalue weighted by atomic mass is 16.6. The molecule has 39 heavy (non-hydrogen) atoms. The lowest BCUT2D eigenvalue weighted by Gasteiger charge is -2.52. The normalized spacial score (nSPS) is 25.2. The average Bonchev–Trinajstić information content (AvgIpc) is 2.95. The summed E-state index contributed by atoms with van der Waals surface area (Å²) in [7, 11) is 0. The lowest BCUT2D eigenvalue weighted by Crippen LogP contribution is -2.61. The fourth-order valence-corrected chi connectivity index (χ4v) is 7.99. The van der Waals surface area contributed by atoms with E-state index in [1.165, 1.54) is 44.9 Å². The number of unbranched alkanes of at least 4 members (excludes halogenated alkanes) is 1. The monoisotopic (exact) mass is 537 g/mol. The molecule has 1 atom stereocenters. The molecule has 4 fully saturated rings. The molecule has 0 aromatic heterocycles. The van der Waals surface area contributed by atoms with E-state index in [-0.39, 0.29) is 17.6 Å². The molecule has 2 amide bonds. The number of carbonyl (C=O) groups excluding carboxylic acids is 2. The second-order valence-electron chi connectivity index (χ2n) is 13.0. The van der Waals surface area contributed by atoms with Crippen molar-refractivity contribution in [2.24, 2.45) is 11.8 Å². The number of amides is 2. The van der Waals surface area contributed by atoms with Gasteiger partial charge in [0.05, 0.1) is 0 Å². The molecule has 1 aromatic carbocycles. The molecule has 0 radical (unpaired) electrons. The minimum Gasteiger partial charge on any atom is -0.442 e. The molecule has 5 rings (SSSR count). The molecule has 1 aromatic rings. The first kappa shape index (κ1) is 28.4. The van der Waals surface area contributed by atoms with E-state index in [2.05, 4.69) is 21.6 Å². The zero-order chi connectivity index (χ0) is 27.4. The van der Waals surface area contributed by atoms with Gasteiger partial charge in [0, 0.05) is 69.6 Å². The van der Waals surface area contributed by atoms with Crippen LogP contribution >= 0.6 is 0 Å². The SMILES string of the molecule is CCCC[C@@H]1CN(CC2CCCCC2)C(=O)OC12CCN(C1CCN(C(=O)c3c(C)cccc3C)CC1)CC2. The van der Waals surface area contributed by atoms with Crippen molar-refractivity contribution in [2.45, 2.75) is 109 Å². The Labute approximate surface area is 236 Å². The van der Waals surface area contributed by atoms with Crippen LogP contribution in [0.5, 0.6) is 0 Å². The van der Waals surface area contributed by atoms with Gasteiger partial charge in [-0.1, -0.05) is 57.2 Å². The average molecular weight is 538 g/mol. The Morgan fingerprint density at radius 3 is 2.28 bits per heavy atom. The number of ether oxygens (including phenoxy) is 1. The van der Waals surface area contributed by atoms with Gasteiger partial charge in [-0.3, -0.25) is 9.69 Å². The number of rotatable bonds is 7. The van der Waals surface area contributed by atoms with E-state index in [1.807, 2.05) is 32.0 Å². The molecular weight excluding hydrogens is 486 g/mol. The van der Waals surface area contributed by atoms with Crippen LogP contribution in [0.4, 0.5) is 4.79 Å². The van der Waals surface area contributed by atoms with Crippen molar-refractivity contribution in [1.29, 1.82) is 0 Å². The lowest BCUT2D eigenvalue weighted by atomic mass is 9.75. The predicted octanol–water partition coefficient (Wildman–Crippen LogP) is 6.58. The van der Waals surface area contributed by atoms with Gasteiger partial charge in [-0.05, 0) is 63.0 Å². The van der Waals surface area contributed by atoms with Crippen LogP contribution in [0.15, 0.2) is 18.2 Å². The maximum Gasteiger partial charge on any atom is 0.410 e. The molecule has 6 nitrogen and oxygen atoms in total. The van der Waals surface area contributed by atoms with Crippen molar-refractivity contribution in [3.8, 4) is 0 Å². The van der Waals surface area contributed by atoms with Gasteiger partial charge >= 0.3 is 6.09 Å². The maximum absolute atomic E-state index is 13.3. The third-order valence-electron chi connectivity index (χ3n) is 10.5. The zero-order valence-corrected chi connectivity index (χ0v) is 24.8. The third kappa shape index (κ3) is 6.31. The van der Waals surface area contributed by atoms with Crippen LogP contribution in [0.3, 0.4) is 0 Å². The van der Waals surface area contributed by atoms with Gasteiger partial charge in [-0.25, -0.2) is 4.79 Å². The van der Waals surface area contributed by atoms with E-state index in [4.69, 9.17) is 4.74 Å². The van der Waals surface area contributed by atoms with Gasteiger partial charge in [0.1, 0.15) is 5.60 Å². The smallest absolute Gasteiger partial charge is 0.410 e. The van der Waals surface area contributed by atoms with Gasteiger partial charge < -0.3 is 14.5 Å². The molecule has 3 saturated heterocycles. The molecule has 1 spiro atoms. The molecule has 0 bridgehead atoms. The summed E-state index contributed by atoms with van der Waals surface area (Å²) in [4.78, 5) is 33.3. The van der Waals surface area contributed by atoms with E-state index in [1.54, 1.807) is 0 Å². The molecule has 0 N–H and O–H groups in total. The van der Waals surface area contributed by atoms with Crippen LogP contribution < -0.4 is 0 Å². The van der Waals surface area contributed by atoms with Gasteiger partial charge in [0.15, 0.2) is 0 Å². The van der Waals surface area contributed by atoms with Crippen molar-refractivity contribution in [3.63, 3.8) is 0 Å². The van der Waals surface area contributed by atoms with E-state index in [0.717, 1.165) is 88.1 Å². The Morgan fingerprint density at radius 2 is 1.64 bits per heavy atom. The molecular formula is C33H51N3O3. The highest BCUT2D eigenvalue weighted by molar-refractivity contribution is 5.97. The summed E-state index contributed by atoms with van der Waals surface area (Å²) in [5, 5.41) is 0.